The molecule has 0 aliphatic heterocycles. The number of benzene rings is 1. The number of methoxy groups -OCH3 is 2. The van der Waals surface area contributed by atoms with Gasteiger partial charge in [0.15, 0.2) is 11.5 Å². The maximum Gasteiger partial charge on any atom is 0.276 e. The molecule has 2 heterocycles. The number of rotatable bonds is 8. The van der Waals surface area contributed by atoms with E-state index in [0.29, 0.717) is 16.2 Å². The van der Waals surface area contributed by atoms with Gasteiger partial charge in [-0.1, -0.05) is 0 Å². The fourth-order valence-electron chi connectivity index (χ4n) is 2.84. The molecule has 146 valence electrons. The molecule has 0 bridgehead atoms. The smallest absolute Gasteiger partial charge is 0.276 e. The van der Waals surface area contributed by atoms with Crippen molar-refractivity contribution in [2.24, 2.45) is 0 Å². The van der Waals surface area contributed by atoms with Gasteiger partial charge < -0.3 is 19.4 Å². The molecule has 0 aliphatic rings. The van der Waals surface area contributed by atoms with Gasteiger partial charge in [-0.25, -0.2) is 0 Å². The maximum absolute atomic E-state index is 12.6. The monoisotopic (exact) mass is 401 g/mol. The van der Waals surface area contributed by atoms with Crippen LogP contribution in [0.2, 0.25) is 0 Å². The summed E-state index contributed by atoms with van der Waals surface area (Å²) in [5.74, 6) is 0.473. The van der Waals surface area contributed by atoms with Crippen molar-refractivity contribution in [1.29, 1.82) is 0 Å². The Morgan fingerprint density at radius 3 is 2.54 bits per heavy atom. The maximum atomic E-state index is 12.6. The van der Waals surface area contributed by atoms with Crippen molar-refractivity contribution in [2.75, 3.05) is 20.8 Å². The van der Waals surface area contributed by atoms with Gasteiger partial charge in [-0.3, -0.25) is 14.9 Å². The van der Waals surface area contributed by atoms with E-state index in [-0.39, 0.29) is 30.3 Å². The van der Waals surface area contributed by atoms with E-state index in [9.17, 15) is 14.9 Å². The number of ether oxygens (including phenoxy) is 2. The average molecular weight is 401 g/mol. The van der Waals surface area contributed by atoms with E-state index in [1.807, 2.05) is 40.5 Å². The van der Waals surface area contributed by atoms with E-state index >= 15 is 0 Å². The molecule has 0 aliphatic carbocycles. The first-order chi connectivity index (χ1) is 13.5. The highest BCUT2D eigenvalue weighted by Gasteiger charge is 2.20. The van der Waals surface area contributed by atoms with Gasteiger partial charge >= 0.3 is 0 Å². The summed E-state index contributed by atoms with van der Waals surface area (Å²) in [6, 6.07) is 8.54. The quantitative estimate of drug-likeness (QED) is 0.461. The zero-order chi connectivity index (χ0) is 20.1. The molecule has 0 unspecified atom stereocenters. The Morgan fingerprint density at radius 1 is 1.21 bits per heavy atom. The third-order valence-corrected chi connectivity index (χ3v) is 5.10. The van der Waals surface area contributed by atoms with E-state index < -0.39 is 4.92 Å². The number of thiophene rings is 1. The molecule has 9 heteroatoms. The number of hydrogen-bond acceptors (Lipinski definition) is 6. The number of nitro groups is 1. The fourth-order valence-corrected chi connectivity index (χ4v) is 3.65. The average Bonchev–Trinajstić information content (AvgIpc) is 3.38. The Balaban J connectivity index is 1.72. The highest BCUT2D eigenvalue weighted by Crippen LogP contribution is 2.34. The zero-order valence-corrected chi connectivity index (χ0v) is 16.2. The Hall–Kier alpha value is -3.33. The first-order valence-electron chi connectivity index (χ1n) is 8.43. The summed E-state index contributed by atoms with van der Waals surface area (Å²) >= 11 is 1.34. The molecule has 1 aromatic carbocycles. The second-order valence-electron chi connectivity index (χ2n) is 5.82. The number of amides is 1. The van der Waals surface area contributed by atoms with Crippen molar-refractivity contribution in [3.63, 3.8) is 0 Å². The van der Waals surface area contributed by atoms with Gasteiger partial charge in [0.05, 0.1) is 30.9 Å². The van der Waals surface area contributed by atoms with E-state index in [1.54, 1.807) is 6.07 Å². The minimum absolute atomic E-state index is 0.0731. The SMILES string of the molecule is COc1cc(CCNC(=O)c2sccc2-n2cccc2)c([N+](=O)[O-])cc1OC. The second-order valence-corrected chi connectivity index (χ2v) is 6.74. The minimum Gasteiger partial charge on any atom is -0.493 e. The Kier molecular flexibility index (Phi) is 5.95. The second kappa shape index (κ2) is 8.57. The van der Waals surface area contributed by atoms with Crippen LogP contribution in [0, 0.1) is 10.1 Å². The molecule has 0 fully saturated rings. The number of carbonyl (C=O) groups excluding carboxylic acids is 1. The van der Waals surface area contributed by atoms with Crippen LogP contribution in [-0.2, 0) is 6.42 Å². The summed E-state index contributed by atoms with van der Waals surface area (Å²) in [6.07, 6.45) is 4.02. The normalized spacial score (nSPS) is 10.5. The Bertz CT molecular complexity index is 982. The first-order valence-corrected chi connectivity index (χ1v) is 9.31. The van der Waals surface area contributed by atoms with E-state index in [4.69, 9.17) is 9.47 Å². The number of nitrogens with zero attached hydrogens (tertiary/aromatic N) is 2. The molecule has 0 saturated heterocycles. The molecule has 2 aromatic heterocycles. The highest BCUT2D eigenvalue weighted by atomic mass is 32.1. The van der Waals surface area contributed by atoms with Gasteiger partial charge in [-0.05, 0) is 36.1 Å². The number of carbonyl (C=O) groups is 1. The zero-order valence-electron chi connectivity index (χ0n) is 15.4. The summed E-state index contributed by atoms with van der Waals surface area (Å²) < 4.78 is 12.2. The molecule has 3 aromatic rings. The summed E-state index contributed by atoms with van der Waals surface area (Å²) in [7, 11) is 2.89. The van der Waals surface area contributed by atoms with E-state index in [2.05, 4.69) is 5.32 Å². The van der Waals surface area contributed by atoms with Gasteiger partial charge in [0.1, 0.15) is 4.88 Å². The number of hydrogen-bond donors (Lipinski definition) is 1. The number of aromatic nitrogens is 1. The molecule has 8 nitrogen and oxygen atoms in total. The minimum atomic E-state index is -0.470. The Labute approximate surface area is 165 Å². The van der Waals surface area contributed by atoms with Crippen LogP contribution in [0.3, 0.4) is 0 Å². The molecule has 1 amide bonds. The van der Waals surface area contributed by atoms with Crippen molar-refractivity contribution in [3.05, 3.63) is 68.7 Å². The molecule has 0 atom stereocenters. The summed E-state index contributed by atoms with van der Waals surface area (Å²) in [6.45, 7) is 0.248. The van der Waals surface area contributed by atoms with Crippen molar-refractivity contribution in [3.8, 4) is 17.2 Å². The Morgan fingerprint density at radius 2 is 1.89 bits per heavy atom. The fraction of sp³-hybridized carbons (Fsp3) is 0.211. The predicted octanol–water partition coefficient (Wildman–Crippen LogP) is 3.44. The first kappa shape index (κ1) is 19.4. The van der Waals surface area contributed by atoms with Gasteiger partial charge in [-0.2, -0.15) is 0 Å². The topological polar surface area (TPSA) is 95.6 Å². The third kappa shape index (κ3) is 3.99. The van der Waals surface area contributed by atoms with Crippen molar-refractivity contribution in [2.45, 2.75) is 6.42 Å². The summed E-state index contributed by atoms with van der Waals surface area (Å²) in [5, 5.41) is 16.1. The van der Waals surface area contributed by atoms with Crippen LogP contribution in [0.1, 0.15) is 15.2 Å². The van der Waals surface area contributed by atoms with Crippen LogP contribution in [0.25, 0.3) is 5.69 Å². The number of nitrogens with one attached hydrogen (secondary N) is 1. The third-order valence-electron chi connectivity index (χ3n) is 4.19. The van der Waals surface area contributed by atoms with Gasteiger partial charge in [0.2, 0.25) is 0 Å². The largest absolute Gasteiger partial charge is 0.493 e. The summed E-state index contributed by atoms with van der Waals surface area (Å²) in [4.78, 5) is 24.0. The molecule has 0 radical (unpaired) electrons. The molecule has 0 saturated carbocycles. The molecule has 3 rings (SSSR count). The molecule has 0 spiro atoms. The standard InChI is InChI=1S/C19H19N3O5S/c1-26-16-11-13(15(22(24)25)12-17(16)27-2)5-7-20-19(23)18-14(6-10-28-18)21-8-3-4-9-21/h3-4,6,8-12H,5,7H2,1-2H3,(H,20,23). The van der Waals surface area contributed by atoms with Gasteiger partial charge in [-0.15, -0.1) is 11.3 Å². The van der Waals surface area contributed by atoms with Gasteiger partial charge in [0.25, 0.3) is 11.6 Å². The van der Waals surface area contributed by atoms with Crippen LogP contribution in [-0.4, -0.2) is 36.2 Å². The lowest BCUT2D eigenvalue weighted by molar-refractivity contribution is -0.385. The van der Waals surface area contributed by atoms with Crippen LogP contribution in [0.4, 0.5) is 5.69 Å². The van der Waals surface area contributed by atoms with Crippen LogP contribution < -0.4 is 14.8 Å². The molecular weight excluding hydrogens is 382 g/mol. The van der Waals surface area contributed by atoms with Crippen LogP contribution in [0.5, 0.6) is 11.5 Å². The lowest BCUT2D eigenvalue weighted by Crippen LogP contribution is -2.26. The van der Waals surface area contributed by atoms with E-state index in [0.717, 1.165) is 5.69 Å². The number of nitro benzene ring substituents is 1. The highest BCUT2D eigenvalue weighted by molar-refractivity contribution is 7.12. The lowest BCUT2D eigenvalue weighted by Gasteiger charge is -2.11. The summed E-state index contributed by atoms with van der Waals surface area (Å²) in [5.41, 5.74) is 1.18. The molecule has 1 N–H and O–H groups in total. The predicted molar refractivity (Wildman–Crippen MR) is 106 cm³/mol. The van der Waals surface area contributed by atoms with Gasteiger partial charge in [0, 0.05) is 24.5 Å². The van der Waals surface area contributed by atoms with E-state index in [1.165, 1.54) is 31.6 Å². The van der Waals surface area contributed by atoms with Crippen molar-refractivity contribution in [1.82, 2.24) is 9.88 Å². The molecule has 28 heavy (non-hydrogen) atoms. The van der Waals surface area contributed by atoms with Crippen LogP contribution >= 0.6 is 11.3 Å². The van der Waals surface area contributed by atoms with Crippen LogP contribution in [0.15, 0.2) is 48.1 Å². The lowest BCUT2D eigenvalue weighted by atomic mass is 10.1. The molecular formula is C19H19N3O5S. The van der Waals surface area contributed by atoms with Crippen molar-refractivity contribution < 1.29 is 19.2 Å². The van der Waals surface area contributed by atoms with Crippen molar-refractivity contribution >= 4 is 22.9 Å².